The number of rotatable bonds is 2. The molecule has 0 aliphatic heterocycles. The van der Waals surface area contributed by atoms with Crippen LogP contribution in [0, 0.1) is 3.70 Å². The van der Waals surface area contributed by atoms with E-state index in [0.29, 0.717) is 15.5 Å². The van der Waals surface area contributed by atoms with Crippen LogP contribution in [0.1, 0.15) is 0 Å². The highest BCUT2D eigenvalue weighted by Crippen LogP contribution is 2.33. The van der Waals surface area contributed by atoms with E-state index in [9.17, 15) is 8.42 Å². The summed E-state index contributed by atoms with van der Waals surface area (Å²) in [4.78, 5) is 7.75. The molecule has 0 spiro atoms. The summed E-state index contributed by atoms with van der Waals surface area (Å²) in [7, 11) is -3.59. The first kappa shape index (κ1) is 14.0. The van der Waals surface area contributed by atoms with Crippen molar-refractivity contribution in [2.45, 2.75) is 9.79 Å². The van der Waals surface area contributed by atoms with Crippen molar-refractivity contribution in [3.05, 3.63) is 50.8 Å². The van der Waals surface area contributed by atoms with Gasteiger partial charge in [-0.2, -0.15) is 0 Å². The Morgan fingerprint density at radius 3 is 2.60 bits per heavy atom. The van der Waals surface area contributed by atoms with E-state index in [-0.39, 0.29) is 9.79 Å². The summed E-state index contributed by atoms with van der Waals surface area (Å²) in [5, 5.41) is 0.590. The summed E-state index contributed by atoms with van der Waals surface area (Å²) >= 11 is 5.40. The monoisotopic (exact) mass is 462 g/mol. The Kier molecular flexibility index (Phi) is 3.59. The minimum absolute atomic E-state index is 0.243. The molecule has 1 N–H and O–H groups in total. The lowest BCUT2D eigenvalue weighted by Gasteiger charge is -2.07. The fourth-order valence-corrected chi connectivity index (χ4v) is 5.01. The van der Waals surface area contributed by atoms with E-state index >= 15 is 0 Å². The Morgan fingerprint density at radius 2 is 1.90 bits per heavy atom. The Morgan fingerprint density at radius 1 is 1.20 bits per heavy atom. The maximum atomic E-state index is 12.8. The number of benzene rings is 1. The van der Waals surface area contributed by atoms with Crippen LogP contribution in [0.4, 0.5) is 0 Å². The second-order valence-electron chi connectivity index (χ2n) is 4.13. The Bertz CT molecular complexity index is 891. The molecule has 0 aliphatic carbocycles. The van der Waals surface area contributed by atoms with Gasteiger partial charge in [0.2, 0.25) is 9.84 Å². The van der Waals surface area contributed by atoms with Gasteiger partial charge in [0.05, 0.1) is 18.0 Å². The number of H-pyrrole nitrogens is 1. The number of hydrogen-bond donors (Lipinski definition) is 1. The van der Waals surface area contributed by atoms with E-state index in [0.717, 1.165) is 3.70 Å². The first-order chi connectivity index (χ1) is 9.50. The number of aromatic amines is 1. The molecule has 2 aromatic heterocycles. The van der Waals surface area contributed by atoms with Crippen molar-refractivity contribution in [1.29, 1.82) is 0 Å². The molecule has 0 atom stereocenters. The molecular weight excluding hydrogens is 455 g/mol. The van der Waals surface area contributed by atoms with E-state index in [1.54, 1.807) is 36.4 Å². The largest absolute Gasteiger partial charge is 0.335 e. The third kappa shape index (κ3) is 2.27. The predicted octanol–water partition coefficient (Wildman–Crippen LogP) is 3.76. The van der Waals surface area contributed by atoms with E-state index < -0.39 is 9.84 Å². The average Bonchev–Trinajstić information content (AvgIpc) is 2.79. The molecule has 0 fully saturated rings. The third-order valence-corrected chi connectivity index (χ3v) is 6.17. The van der Waals surface area contributed by atoms with Crippen molar-refractivity contribution >= 4 is 59.4 Å². The number of nitrogens with one attached hydrogen (secondary N) is 1. The fourth-order valence-electron chi connectivity index (χ4n) is 1.99. The average molecular weight is 463 g/mol. The number of sulfone groups is 1. The number of fused-ring (bicyclic) bond motifs is 1. The van der Waals surface area contributed by atoms with Gasteiger partial charge >= 0.3 is 0 Å². The molecule has 0 saturated heterocycles. The molecule has 0 unspecified atom stereocenters. The van der Waals surface area contributed by atoms with Crippen LogP contribution in [0.2, 0.25) is 0 Å². The van der Waals surface area contributed by atoms with Gasteiger partial charge in [-0.05, 0) is 56.7 Å². The summed E-state index contributed by atoms with van der Waals surface area (Å²) < 4.78 is 26.9. The van der Waals surface area contributed by atoms with Gasteiger partial charge in [-0.1, -0.05) is 18.2 Å². The second kappa shape index (κ2) is 5.12. The highest BCUT2D eigenvalue weighted by Gasteiger charge is 2.24. The van der Waals surface area contributed by atoms with Crippen molar-refractivity contribution in [3.63, 3.8) is 0 Å². The molecule has 7 heteroatoms. The third-order valence-electron chi connectivity index (χ3n) is 2.85. The summed E-state index contributed by atoms with van der Waals surface area (Å²) in [6.45, 7) is 0. The van der Waals surface area contributed by atoms with Crippen LogP contribution in [0.25, 0.3) is 11.0 Å². The molecule has 102 valence electrons. The zero-order valence-corrected chi connectivity index (χ0v) is 14.5. The lowest BCUT2D eigenvalue weighted by Crippen LogP contribution is -2.04. The standard InChI is InChI=1S/C13H8BrIN2O2S/c14-10-7-16-13-9(6-11(15)17-13)12(10)20(18,19)8-4-2-1-3-5-8/h1-7H,(H,16,17). The quantitative estimate of drug-likeness (QED) is 0.590. The van der Waals surface area contributed by atoms with Crippen molar-refractivity contribution in [2.75, 3.05) is 0 Å². The molecule has 4 nitrogen and oxygen atoms in total. The molecule has 0 bridgehead atoms. The van der Waals surface area contributed by atoms with Gasteiger partial charge in [0, 0.05) is 11.6 Å². The SMILES string of the molecule is O=S(=O)(c1ccccc1)c1c(Br)cnc2[nH]c(I)cc12. The van der Waals surface area contributed by atoms with Crippen molar-refractivity contribution in [3.8, 4) is 0 Å². The molecule has 2 heterocycles. The van der Waals surface area contributed by atoms with Crippen molar-refractivity contribution < 1.29 is 8.42 Å². The van der Waals surface area contributed by atoms with Crippen LogP contribution in [0.15, 0.2) is 56.9 Å². The van der Waals surface area contributed by atoms with Crippen LogP contribution >= 0.6 is 38.5 Å². The zero-order valence-electron chi connectivity index (χ0n) is 9.97. The van der Waals surface area contributed by atoms with E-state index in [4.69, 9.17) is 0 Å². The molecule has 1 aromatic carbocycles. The number of hydrogen-bond acceptors (Lipinski definition) is 3. The van der Waals surface area contributed by atoms with Crippen LogP contribution in [-0.4, -0.2) is 18.4 Å². The summed E-state index contributed by atoms with van der Waals surface area (Å²) in [5.41, 5.74) is 0.562. The van der Waals surface area contributed by atoms with Crippen molar-refractivity contribution in [2.24, 2.45) is 0 Å². The summed E-state index contributed by atoms with van der Waals surface area (Å²) in [5.74, 6) is 0. The predicted molar refractivity (Wildman–Crippen MR) is 88.4 cm³/mol. The first-order valence-electron chi connectivity index (χ1n) is 5.63. The van der Waals surface area contributed by atoms with Crippen LogP contribution in [0.5, 0.6) is 0 Å². The van der Waals surface area contributed by atoms with E-state index in [1.165, 1.54) is 6.20 Å². The van der Waals surface area contributed by atoms with Gasteiger partial charge in [-0.15, -0.1) is 0 Å². The molecule has 20 heavy (non-hydrogen) atoms. The lowest BCUT2D eigenvalue weighted by molar-refractivity contribution is 0.596. The normalized spacial score (nSPS) is 11.9. The lowest BCUT2D eigenvalue weighted by atomic mass is 10.3. The van der Waals surface area contributed by atoms with Gasteiger partial charge in [-0.3, -0.25) is 0 Å². The Labute approximate surface area is 137 Å². The highest BCUT2D eigenvalue weighted by atomic mass is 127. The Balaban J connectivity index is 2.37. The van der Waals surface area contributed by atoms with Gasteiger partial charge in [-0.25, -0.2) is 13.4 Å². The minimum Gasteiger partial charge on any atom is -0.335 e. The second-order valence-corrected chi connectivity index (χ2v) is 8.03. The molecular formula is C13H8BrIN2O2S. The minimum atomic E-state index is -3.59. The Hall–Kier alpha value is -0.930. The molecule has 0 saturated carbocycles. The molecule has 0 radical (unpaired) electrons. The zero-order chi connectivity index (χ0) is 14.3. The first-order valence-corrected chi connectivity index (χ1v) is 8.98. The van der Waals surface area contributed by atoms with Gasteiger partial charge < -0.3 is 4.98 Å². The van der Waals surface area contributed by atoms with Crippen LogP contribution < -0.4 is 0 Å². The van der Waals surface area contributed by atoms with Crippen LogP contribution in [-0.2, 0) is 9.84 Å². The topological polar surface area (TPSA) is 62.8 Å². The van der Waals surface area contributed by atoms with Gasteiger partial charge in [0.25, 0.3) is 0 Å². The van der Waals surface area contributed by atoms with Crippen LogP contribution in [0.3, 0.4) is 0 Å². The fraction of sp³-hybridized carbons (Fsp3) is 0. The van der Waals surface area contributed by atoms with Gasteiger partial charge in [0.15, 0.2) is 0 Å². The maximum absolute atomic E-state index is 12.8. The number of halogens is 2. The number of pyridine rings is 1. The highest BCUT2D eigenvalue weighted by molar-refractivity contribution is 14.1. The molecule has 0 aliphatic rings. The molecule has 0 amide bonds. The van der Waals surface area contributed by atoms with E-state index in [1.807, 2.05) is 0 Å². The molecule has 3 aromatic rings. The number of aromatic nitrogens is 2. The van der Waals surface area contributed by atoms with E-state index in [2.05, 4.69) is 48.5 Å². The number of nitrogens with zero attached hydrogens (tertiary/aromatic N) is 1. The molecule has 3 rings (SSSR count). The van der Waals surface area contributed by atoms with Crippen molar-refractivity contribution in [1.82, 2.24) is 9.97 Å². The summed E-state index contributed by atoms with van der Waals surface area (Å²) in [6, 6.07) is 10.2. The maximum Gasteiger partial charge on any atom is 0.208 e. The summed E-state index contributed by atoms with van der Waals surface area (Å²) in [6.07, 6.45) is 1.50. The smallest absolute Gasteiger partial charge is 0.208 e. The van der Waals surface area contributed by atoms with Gasteiger partial charge in [0.1, 0.15) is 5.65 Å².